The van der Waals surface area contributed by atoms with Gasteiger partial charge in [-0.15, -0.1) is 0 Å². The molecule has 1 aliphatic heterocycles. The Bertz CT molecular complexity index is 4860. The van der Waals surface area contributed by atoms with Gasteiger partial charge in [-0.2, -0.15) is 0 Å². The number of benzene rings is 6. The maximum absolute atomic E-state index is 15.0. The van der Waals surface area contributed by atoms with Crippen molar-refractivity contribution in [1.29, 1.82) is 0 Å². The van der Waals surface area contributed by atoms with E-state index in [1.54, 1.807) is 67.6 Å². The molecule has 11 rings (SSSR count). The van der Waals surface area contributed by atoms with Gasteiger partial charge in [0, 0.05) is 97.2 Å². The summed E-state index contributed by atoms with van der Waals surface area (Å²) in [6, 6.07) is 41.9. The van der Waals surface area contributed by atoms with Crippen molar-refractivity contribution in [3.63, 3.8) is 0 Å². The number of rotatable bonds is 21. The monoisotopic (exact) mass is 1640 g/mol. The zero-order valence-corrected chi connectivity index (χ0v) is 59.3. The molecule has 6 N–H and O–H groups in total. The zero-order valence-electron chi connectivity index (χ0n) is 54.9. The molecule has 0 unspecified atom stereocenters. The Morgan fingerprint density at radius 3 is 1.42 bits per heavy atom. The van der Waals surface area contributed by atoms with Gasteiger partial charge in [-0.25, -0.2) is 18.4 Å². The number of carbonyl (C=O) groups is 2. The number of fused-ring (bicyclic) bond motifs is 2. The molecule has 6 aromatic carbocycles. The fraction of sp³-hybridized carbons (Fsp3) is 0.325. The lowest BCUT2D eigenvalue weighted by Gasteiger charge is -2.21. The number of aromatic amines is 1. The van der Waals surface area contributed by atoms with Crippen LogP contribution >= 0.6 is 45.2 Å². The zero-order chi connectivity index (χ0) is 70.6. The number of nitrogens with zero attached hydrogens (tertiary/aromatic N) is 5. The summed E-state index contributed by atoms with van der Waals surface area (Å²) >= 11 is 3.96. The second kappa shape index (κ2) is 42.4. The third kappa shape index (κ3) is 23.1. The number of unbranched alkanes of at least 4 members (excludes halogenated alkanes) is 2. The van der Waals surface area contributed by atoms with Crippen LogP contribution in [-0.2, 0) is 57.7 Å². The number of ether oxygens (including phenoxy) is 3. The fourth-order valence-electron chi connectivity index (χ4n) is 10.7. The Morgan fingerprint density at radius 2 is 0.990 bits per heavy atom. The number of aryl methyl sites for hydroxylation is 2. The lowest BCUT2D eigenvalue weighted by molar-refractivity contribution is -0.115. The van der Waals surface area contributed by atoms with Crippen molar-refractivity contribution < 1.29 is 37.7 Å². The highest BCUT2D eigenvalue weighted by molar-refractivity contribution is 14.1. The average molecular weight is 1650 g/mol. The van der Waals surface area contributed by atoms with Crippen molar-refractivity contribution in [3.8, 4) is 11.4 Å². The van der Waals surface area contributed by atoms with Crippen LogP contribution in [0.4, 0.5) is 43.2 Å². The van der Waals surface area contributed by atoms with Crippen molar-refractivity contribution in [2.45, 2.75) is 123 Å². The average Bonchev–Trinajstić information content (AvgIpc) is 1.06. The number of anilines is 6. The molecule has 0 bridgehead atoms. The van der Waals surface area contributed by atoms with Gasteiger partial charge in [0.25, 0.3) is 22.2 Å². The van der Waals surface area contributed by atoms with Crippen molar-refractivity contribution in [2.75, 3.05) is 54.3 Å². The first-order valence-electron chi connectivity index (χ1n) is 31.5. The van der Waals surface area contributed by atoms with E-state index in [9.17, 15) is 42.7 Å². The molecule has 0 spiro atoms. The first-order chi connectivity index (χ1) is 47.1. The minimum atomic E-state index is -0.764. The molecule has 10 aromatic rings. The molecule has 554 valence electrons. The number of amides is 2. The van der Waals surface area contributed by atoms with E-state index in [2.05, 4.69) is 26.3 Å². The van der Waals surface area contributed by atoms with Gasteiger partial charge in [-0.05, 0) is 181 Å². The van der Waals surface area contributed by atoms with Crippen molar-refractivity contribution in [3.05, 3.63) is 249 Å². The second-order valence-electron chi connectivity index (χ2n) is 22.8. The quantitative estimate of drug-likeness (QED) is 0.0288. The van der Waals surface area contributed by atoms with Crippen LogP contribution in [0.2, 0.25) is 0 Å². The number of halogens is 4. The molecular formula is C77H96F2I2N10O12. The fourth-order valence-corrected chi connectivity index (χ4v) is 11.6. The SMILES string of the molecule is C.C.C.C.C.C1CCOC1.CC(=O)Nc1cccc(-n2c(=O)[nH]c(=O)c3c(Nc4ccc(I)cc4F)n(C)c(=O)c(C)c32)c1.CC(=O)Nc1cccc(-n2c(=O)n(CCCCOCc3ccccc3)c(=O)c3c(Nc4ccc(I)cc4F)n(C)c(=O)c(C)c32)c1.OCCCCOCc1ccccc1. The van der Waals surface area contributed by atoms with Gasteiger partial charge in [0.2, 0.25) is 11.8 Å². The maximum atomic E-state index is 15.0. The van der Waals surface area contributed by atoms with E-state index in [-0.39, 0.29) is 118 Å². The van der Waals surface area contributed by atoms with E-state index in [0.717, 1.165) is 42.8 Å². The van der Waals surface area contributed by atoms with Gasteiger partial charge >= 0.3 is 11.4 Å². The number of hydrogen-bond donors (Lipinski definition) is 6. The third-order valence-corrected chi connectivity index (χ3v) is 16.8. The number of hydrogen-bond acceptors (Lipinski definition) is 14. The predicted molar refractivity (Wildman–Crippen MR) is 429 cm³/mol. The number of aliphatic hydroxyl groups is 1. The molecule has 5 heterocycles. The van der Waals surface area contributed by atoms with Gasteiger partial charge in [-0.1, -0.05) is 110 Å². The van der Waals surface area contributed by atoms with E-state index < -0.39 is 45.3 Å². The second-order valence-corrected chi connectivity index (χ2v) is 25.3. The van der Waals surface area contributed by atoms with E-state index in [0.29, 0.717) is 62.6 Å². The van der Waals surface area contributed by atoms with Crippen LogP contribution in [-0.4, -0.2) is 77.8 Å². The smallest absolute Gasteiger partial charge is 0.336 e. The van der Waals surface area contributed by atoms with Gasteiger partial charge < -0.3 is 40.6 Å². The molecule has 0 saturated carbocycles. The topological polar surface area (TPSA) is 273 Å². The molecule has 1 fully saturated rings. The molecule has 0 atom stereocenters. The third-order valence-electron chi connectivity index (χ3n) is 15.4. The van der Waals surface area contributed by atoms with Gasteiger partial charge in [0.1, 0.15) is 34.0 Å². The lowest BCUT2D eigenvalue weighted by atomic mass is 10.1. The lowest BCUT2D eigenvalue weighted by Crippen LogP contribution is -2.41. The molecule has 4 aromatic heterocycles. The largest absolute Gasteiger partial charge is 0.396 e. The number of pyridine rings is 2. The van der Waals surface area contributed by atoms with Gasteiger partial charge in [0.15, 0.2) is 0 Å². The normalized spacial score (nSPS) is 11.1. The first kappa shape index (κ1) is 88.0. The summed E-state index contributed by atoms with van der Waals surface area (Å²) in [6.07, 6.45) is 5.36. The Morgan fingerprint density at radius 1 is 0.553 bits per heavy atom. The van der Waals surface area contributed by atoms with E-state index >= 15 is 4.39 Å². The van der Waals surface area contributed by atoms with Crippen LogP contribution in [0.3, 0.4) is 0 Å². The van der Waals surface area contributed by atoms with Gasteiger partial charge in [0.05, 0.1) is 47.0 Å². The summed E-state index contributed by atoms with van der Waals surface area (Å²) < 4.78 is 53.2. The van der Waals surface area contributed by atoms with Crippen LogP contribution in [0, 0.1) is 32.6 Å². The van der Waals surface area contributed by atoms with E-state index in [4.69, 9.17) is 19.3 Å². The molecule has 2 amide bonds. The Labute approximate surface area is 626 Å². The Balaban J connectivity index is 0.000000422. The van der Waals surface area contributed by atoms with Crippen LogP contribution in [0.25, 0.3) is 33.2 Å². The summed E-state index contributed by atoms with van der Waals surface area (Å²) in [4.78, 5) is 107. The van der Waals surface area contributed by atoms with Crippen LogP contribution < -0.4 is 54.9 Å². The summed E-state index contributed by atoms with van der Waals surface area (Å²) in [5, 5.41) is 19.7. The standard InChI is InChI=1S/C34H33FIN5O5.C23H19FIN5O4.C11H16O2.C4H8O.5CH4/c1-21-30-29(31(39(3)32(21)43)38-28-15-14-24(36)18-27(28)35)33(44)40(16-7-8-17-46-20-23-10-5-4-6-11-23)34(45)41(30)26-13-9-12-25(19-26)37-22(2)42;1-11-19-18(20(29(3)22(11)33)27-17-8-7-13(25)9-16(17)24)21(32)28-23(34)30(19)15-6-4-5-14(10-15)26-12(2)31;12-8-4-5-9-13-10-11-6-2-1-3-7-11;1-2-4-5-3-1;;;;;/h4-6,9-15,18-19,38H,7-8,16-17,20H2,1-3H3,(H,37,42);4-10,27H,1-3H3,(H,26,31)(H,28,32,34);1-3,6-7,12H,4-5,8-10H2;1-4H2;5*1H4. The predicted octanol–water partition coefficient (Wildman–Crippen LogP) is 14.7. The van der Waals surface area contributed by atoms with Crippen LogP contribution in [0.15, 0.2) is 174 Å². The highest BCUT2D eigenvalue weighted by atomic mass is 127. The highest BCUT2D eigenvalue weighted by Crippen LogP contribution is 2.30. The number of aliphatic hydroxyl groups excluding tert-OH is 1. The molecule has 103 heavy (non-hydrogen) atoms. The number of H-pyrrole nitrogens is 1. The molecule has 0 aliphatic carbocycles. The van der Waals surface area contributed by atoms with Crippen molar-refractivity contribution in [1.82, 2.24) is 27.8 Å². The summed E-state index contributed by atoms with van der Waals surface area (Å²) in [7, 11) is 2.94. The minimum absolute atomic E-state index is 0. The first-order valence-corrected chi connectivity index (χ1v) is 33.6. The summed E-state index contributed by atoms with van der Waals surface area (Å²) in [6.45, 7) is 10.4. The van der Waals surface area contributed by atoms with Crippen LogP contribution in [0.1, 0.15) is 112 Å². The molecule has 1 aliphatic rings. The molecule has 1 saturated heterocycles. The number of aromatic nitrogens is 6. The molecular weight excluding hydrogens is 1550 g/mol. The molecule has 0 radical (unpaired) electrons. The van der Waals surface area contributed by atoms with Crippen molar-refractivity contribution >= 4 is 113 Å². The number of carbonyl (C=O) groups excluding carboxylic acids is 2. The van der Waals surface area contributed by atoms with Gasteiger partial charge in [-0.3, -0.25) is 56.6 Å². The summed E-state index contributed by atoms with van der Waals surface area (Å²) in [5.74, 6) is -1.67. The number of nitrogens with one attached hydrogen (secondary N) is 5. The highest BCUT2D eigenvalue weighted by Gasteiger charge is 2.25. The summed E-state index contributed by atoms with van der Waals surface area (Å²) in [5.41, 5.74) is 0.647. The Hall–Kier alpha value is -9.20. The van der Waals surface area contributed by atoms with Crippen molar-refractivity contribution in [2.24, 2.45) is 14.1 Å². The molecule has 26 heteroatoms. The minimum Gasteiger partial charge on any atom is -0.396 e. The van der Waals surface area contributed by atoms with E-state index in [1.165, 1.54) is 95.8 Å². The van der Waals surface area contributed by atoms with E-state index in [1.807, 2.05) is 106 Å². The molecule has 22 nitrogen and oxygen atoms in total. The Kier molecular flexibility index (Phi) is 36.2. The maximum Gasteiger partial charge on any atom is 0.336 e. The van der Waals surface area contributed by atoms with Crippen LogP contribution in [0.5, 0.6) is 0 Å².